The van der Waals surface area contributed by atoms with Crippen LogP contribution < -0.4 is 0 Å². The molecule has 156 valence electrons. The second kappa shape index (κ2) is 8.75. The summed E-state index contributed by atoms with van der Waals surface area (Å²) in [6, 6.07) is 10.5. The summed E-state index contributed by atoms with van der Waals surface area (Å²) >= 11 is 0. The number of rotatable bonds is 7. The molecular weight excluding hydrogens is 382 g/mol. The summed E-state index contributed by atoms with van der Waals surface area (Å²) in [5.41, 5.74) is 1.92. The van der Waals surface area contributed by atoms with Crippen LogP contribution in [0.25, 0.3) is 0 Å². The summed E-state index contributed by atoms with van der Waals surface area (Å²) in [5.74, 6) is -0.595. The molecule has 1 aromatic heterocycles. The molecule has 2 aliphatic rings. The highest BCUT2D eigenvalue weighted by atomic mass is 16.5. The SMILES string of the molecule is CN(N=C[C@@H]1[C@@H](CCc2ccc(C(=O)O)cc2)[C@H]2CC[C@@H]1O2)C(=O)c1cccnc1. The molecule has 30 heavy (non-hydrogen) atoms. The Bertz CT molecular complexity index is 929. The number of amides is 1. The number of ether oxygens (including phenoxy) is 1. The molecule has 0 saturated carbocycles. The zero-order valence-corrected chi connectivity index (χ0v) is 16.8. The molecule has 0 aliphatic carbocycles. The molecule has 0 radical (unpaired) electrons. The number of carboxylic acids is 1. The predicted octanol–water partition coefficient (Wildman–Crippen LogP) is 3.26. The lowest BCUT2D eigenvalue weighted by molar-refractivity contribution is 0.0696. The minimum absolute atomic E-state index is 0.153. The average molecular weight is 407 g/mol. The van der Waals surface area contributed by atoms with Gasteiger partial charge in [-0.05, 0) is 61.4 Å². The molecule has 7 nitrogen and oxygen atoms in total. The fourth-order valence-corrected chi connectivity index (χ4v) is 4.45. The van der Waals surface area contributed by atoms with E-state index in [0.29, 0.717) is 17.0 Å². The molecule has 1 amide bonds. The molecule has 2 aromatic rings. The molecule has 7 heteroatoms. The van der Waals surface area contributed by atoms with Crippen molar-refractivity contribution in [2.45, 2.75) is 37.9 Å². The summed E-state index contributed by atoms with van der Waals surface area (Å²) in [4.78, 5) is 27.5. The lowest BCUT2D eigenvalue weighted by atomic mass is 9.77. The number of carbonyl (C=O) groups excluding carboxylic acids is 1. The quantitative estimate of drug-likeness (QED) is 0.562. The van der Waals surface area contributed by atoms with Crippen molar-refractivity contribution in [2.75, 3.05) is 7.05 Å². The predicted molar refractivity (Wildman–Crippen MR) is 111 cm³/mol. The number of nitrogens with zero attached hydrogens (tertiary/aromatic N) is 3. The molecule has 2 saturated heterocycles. The standard InChI is InChI=1S/C23H25N3O4/c1-26(22(27)17-3-2-12-24-13-17)25-14-19-18(20-10-11-21(19)30-20)9-6-15-4-7-16(8-5-15)23(28)29/h2-5,7-8,12-14,18-21H,6,9-11H2,1H3,(H,28,29)/t18-,19-,20-,21+/m1/s1. The van der Waals surface area contributed by atoms with Gasteiger partial charge in [-0.15, -0.1) is 0 Å². The van der Waals surface area contributed by atoms with Crippen LogP contribution >= 0.6 is 0 Å². The van der Waals surface area contributed by atoms with Crippen molar-refractivity contribution < 1.29 is 19.4 Å². The van der Waals surface area contributed by atoms with E-state index in [2.05, 4.69) is 10.1 Å². The first-order valence-electron chi connectivity index (χ1n) is 10.2. The van der Waals surface area contributed by atoms with Gasteiger partial charge in [0, 0.05) is 31.6 Å². The Morgan fingerprint density at radius 3 is 2.67 bits per heavy atom. The van der Waals surface area contributed by atoms with E-state index in [1.54, 1.807) is 37.5 Å². The maximum atomic E-state index is 12.5. The largest absolute Gasteiger partial charge is 0.478 e. The molecule has 0 unspecified atom stereocenters. The summed E-state index contributed by atoms with van der Waals surface area (Å²) in [6.07, 6.45) is 9.28. The summed E-state index contributed by atoms with van der Waals surface area (Å²) in [6.45, 7) is 0. The van der Waals surface area contributed by atoms with Crippen molar-refractivity contribution in [3.05, 3.63) is 65.5 Å². The lowest BCUT2D eigenvalue weighted by Gasteiger charge is -2.25. The highest BCUT2D eigenvalue weighted by Gasteiger charge is 2.47. The van der Waals surface area contributed by atoms with Gasteiger partial charge < -0.3 is 9.84 Å². The van der Waals surface area contributed by atoms with Crippen molar-refractivity contribution in [3.8, 4) is 0 Å². The number of aryl methyl sites for hydroxylation is 1. The van der Waals surface area contributed by atoms with Gasteiger partial charge in [-0.25, -0.2) is 9.80 Å². The van der Waals surface area contributed by atoms with Crippen LogP contribution in [-0.2, 0) is 11.2 Å². The van der Waals surface area contributed by atoms with Gasteiger partial charge in [-0.1, -0.05) is 12.1 Å². The topological polar surface area (TPSA) is 92.1 Å². The smallest absolute Gasteiger partial charge is 0.335 e. The fourth-order valence-electron chi connectivity index (χ4n) is 4.45. The number of benzene rings is 1. The van der Waals surface area contributed by atoms with Crippen LogP contribution in [0.4, 0.5) is 0 Å². The first-order valence-corrected chi connectivity index (χ1v) is 10.2. The Morgan fingerprint density at radius 2 is 1.97 bits per heavy atom. The average Bonchev–Trinajstić information content (AvgIpc) is 3.38. The molecule has 4 atom stereocenters. The number of hydrogen-bond acceptors (Lipinski definition) is 5. The van der Waals surface area contributed by atoms with E-state index in [-0.39, 0.29) is 24.0 Å². The van der Waals surface area contributed by atoms with Crippen LogP contribution in [0.2, 0.25) is 0 Å². The fraction of sp³-hybridized carbons (Fsp3) is 0.391. The van der Waals surface area contributed by atoms with Crippen molar-refractivity contribution in [1.82, 2.24) is 9.99 Å². The van der Waals surface area contributed by atoms with Crippen molar-refractivity contribution >= 4 is 18.1 Å². The van der Waals surface area contributed by atoms with E-state index < -0.39 is 5.97 Å². The van der Waals surface area contributed by atoms with E-state index in [1.807, 2.05) is 18.3 Å². The van der Waals surface area contributed by atoms with Gasteiger partial charge >= 0.3 is 5.97 Å². The summed E-state index contributed by atoms with van der Waals surface area (Å²) in [7, 11) is 1.65. The Labute approximate surface area is 175 Å². The number of pyridine rings is 1. The number of fused-ring (bicyclic) bond motifs is 2. The maximum absolute atomic E-state index is 12.5. The van der Waals surface area contributed by atoms with Gasteiger partial charge in [0.1, 0.15) is 0 Å². The molecule has 3 heterocycles. The van der Waals surface area contributed by atoms with E-state index >= 15 is 0 Å². The van der Waals surface area contributed by atoms with Crippen molar-refractivity contribution in [3.63, 3.8) is 0 Å². The van der Waals surface area contributed by atoms with Gasteiger partial charge in [-0.2, -0.15) is 5.10 Å². The Kier molecular flexibility index (Phi) is 5.90. The molecule has 2 bridgehead atoms. The van der Waals surface area contributed by atoms with Crippen LogP contribution in [0.3, 0.4) is 0 Å². The highest BCUT2D eigenvalue weighted by Crippen LogP contribution is 2.44. The van der Waals surface area contributed by atoms with Crippen LogP contribution in [0.15, 0.2) is 53.9 Å². The Balaban J connectivity index is 1.40. The van der Waals surface area contributed by atoms with Gasteiger partial charge in [0.25, 0.3) is 5.91 Å². The Hall–Kier alpha value is -3.06. The molecule has 2 fully saturated rings. The van der Waals surface area contributed by atoms with Gasteiger partial charge in [-0.3, -0.25) is 9.78 Å². The minimum Gasteiger partial charge on any atom is -0.478 e. The number of carbonyl (C=O) groups is 2. The molecule has 2 aliphatic heterocycles. The zero-order chi connectivity index (χ0) is 21.1. The summed E-state index contributed by atoms with van der Waals surface area (Å²) in [5, 5.41) is 14.8. The normalized spacial score (nSPS) is 25.0. The zero-order valence-electron chi connectivity index (χ0n) is 16.8. The molecular formula is C23H25N3O4. The number of hydrazone groups is 1. The van der Waals surface area contributed by atoms with Gasteiger partial charge in [0.05, 0.1) is 23.3 Å². The lowest BCUT2D eigenvalue weighted by Crippen LogP contribution is -2.30. The van der Waals surface area contributed by atoms with Crippen LogP contribution in [-0.4, -0.2) is 52.4 Å². The van der Waals surface area contributed by atoms with Crippen LogP contribution in [0, 0.1) is 11.8 Å². The summed E-state index contributed by atoms with van der Waals surface area (Å²) < 4.78 is 6.13. The molecule has 0 spiro atoms. The number of aromatic nitrogens is 1. The van der Waals surface area contributed by atoms with Crippen molar-refractivity contribution in [2.24, 2.45) is 16.9 Å². The molecule has 1 aromatic carbocycles. The first kappa shape index (κ1) is 20.2. The number of hydrogen-bond donors (Lipinski definition) is 1. The monoisotopic (exact) mass is 407 g/mol. The van der Waals surface area contributed by atoms with E-state index in [4.69, 9.17) is 9.84 Å². The van der Waals surface area contributed by atoms with E-state index in [0.717, 1.165) is 31.2 Å². The van der Waals surface area contributed by atoms with Crippen LogP contribution in [0.5, 0.6) is 0 Å². The Morgan fingerprint density at radius 1 is 1.20 bits per heavy atom. The van der Waals surface area contributed by atoms with E-state index in [1.165, 1.54) is 11.2 Å². The van der Waals surface area contributed by atoms with Crippen molar-refractivity contribution in [1.29, 1.82) is 0 Å². The molecule has 4 rings (SSSR count). The molecule has 1 N–H and O–H groups in total. The third-order valence-corrected chi connectivity index (χ3v) is 6.07. The minimum atomic E-state index is -0.913. The first-order chi connectivity index (χ1) is 14.5. The van der Waals surface area contributed by atoms with Gasteiger partial charge in [0.2, 0.25) is 0 Å². The maximum Gasteiger partial charge on any atom is 0.335 e. The second-order valence-corrected chi connectivity index (χ2v) is 7.91. The third kappa shape index (κ3) is 4.26. The second-order valence-electron chi connectivity index (χ2n) is 7.91. The number of carboxylic acid groups (broad SMARTS) is 1. The van der Waals surface area contributed by atoms with Crippen LogP contribution in [0.1, 0.15) is 45.5 Å². The third-order valence-electron chi connectivity index (χ3n) is 6.07. The van der Waals surface area contributed by atoms with E-state index in [9.17, 15) is 9.59 Å². The number of aromatic carboxylic acids is 1. The highest BCUT2D eigenvalue weighted by molar-refractivity contribution is 5.93. The van der Waals surface area contributed by atoms with Gasteiger partial charge in [0.15, 0.2) is 0 Å².